The van der Waals surface area contributed by atoms with Gasteiger partial charge < -0.3 is 5.32 Å². The Labute approximate surface area is 115 Å². The quantitative estimate of drug-likeness (QED) is 0.800. The summed E-state index contributed by atoms with van der Waals surface area (Å²) < 4.78 is 0. The van der Waals surface area contributed by atoms with Gasteiger partial charge in [-0.15, -0.1) is 0 Å². The van der Waals surface area contributed by atoms with Gasteiger partial charge in [0.2, 0.25) is 0 Å². The van der Waals surface area contributed by atoms with Crippen LogP contribution in [0.2, 0.25) is 0 Å². The summed E-state index contributed by atoms with van der Waals surface area (Å²) in [6.45, 7) is 6.00. The molecule has 1 heteroatoms. The van der Waals surface area contributed by atoms with Gasteiger partial charge in [-0.3, -0.25) is 0 Å². The molecule has 0 amide bonds. The van der Waals surface area contributed by atoms with Crippen LogP contribution in [0.3, 0.4) is 0 Å². The SMILES string of the molecule is C=C(NC)c1ccc(C#Cc2ccc(C)cc2)cc1. The monoisotopic (exact) mass is 247 g/mol. The van der Waals surface area contributed by atoms with Crippen LogP contribution in [0.1, 0.15) is 22.3 Å². The molecule has 0 aliphatic carbocycles. The van der Waals surface area contributed by atoms with E-state index in [0.717, 1.165) is 22.4 Å². The summed E-state index contributed by atoms with van der Waals surface area (Å²) in [5, 5.41) is 3.03. The molecule has 2 aromatic rings. The van der Waals surface area contributed by atoms with Crippen LogP contribution < -0.4 is 5.32 Å². The fourth-order valence-corrected chi connectivity index (χ4v) is 1.68. The van der Waals surface area contributed by atoms with Crippen molar-refractivity contribution >= 4 is 5.70 Å². The lowest BCUT2D eigenvalue weighted by Gasteiger charge is -2.03. The zero-order valence-electron chi connectivity index (χ0n) is 11.3. The molecule has 0 unspecified atom stereocenters. The smallest absolute Gasteiger partial charge is 0.0338 e. The number of hydrogen-bond donors (Lipinski definition) is 1. The maximum Gasteiger partial charge on any atom is 0.0338 e. The summed E-state index contributed by atoms with van der Waals surface area (Å²) in [5.74, 6) is 6.33. The van der Waals surface area contributed by atoms with E-state index < -0.39 is 0 Å². The number of rotatable bonds is 2. The van der Waals surface area contributed by atoms with Crippen molar-refractivity contribution in [3.63, 3.8) is 0 Å². The zero-order chi connectivity index (χ0) is 13.7. The maximum absolute atomic E-state index is 3.93. The van der Waals surface area contributed by atoms with Crippen LogP contribution in [0.5, 0.6) is 0 Å². The van der Waals surface area contributed by atoms with Crippen molar-refractivity contribution in [3.05, 3.63) is 77.4 Å². The summed E-state index contributed by atoms with van der Waals surface area (Å²) in [6.07, 6.45) is 0. The Bertz CT molecular complexity index is 622. The van der Waals surface area contributed by atoms with Crippen LogP contribution in [-0.2, 0) is 0 Å². The Morgan fingerprint density at radius 1 is 0.895 bits per heavy atom. The number of aryl methyl sites for hydroxylation is 1. The molecular weight excluding hydrogens is 230 g/mol. The van der Waals surface area contributed by atoms with Gasteiger partial charge in [0.1, 0.15) is 0 Å². The molecule has 0 aliphatic heterocycles. The first-order valence-electron chi connectivity index (χ1n) is 6.25. The largest absolute Gasteiger partial charge is 0.388 e. The van der Waals surface area contributed by atoms with E-state index >= 15 is 0 Å². The van der Waals surface area contributed by atoms with Gasteiger partial charge in [-0.2, -0.15) is 0 Å². The molecule has 0 saturated heterocycles. The third-order valence-electron chi connectivity index (χ3n) is 2.94. The zero-order valence-corrected chi connectivity index (χ0v) is 11.3. The lowest BCUT2D eigenvalue weighted by molar-refractivity contribution is 1.13. The van der Waals surface area contributed by atoms with Crippen LogP contribution in [0.25, 0.3) is 5.70 Å². The molecule has 0 radical (unpaired) electrons. The van der Waals surface area contributed by atoms with Gasteiger partial charge in [0, 0.05) is 23.9 Å². The minimum absolute atomic E-state index is 0.915. The first kappa shape index (κ1) is 13.0. The summed E-state index contributed by atoms with van der Waals surface area (Å²) in [6, 6.07) is 16.3. The lowest BCUT2D eigenvalue weighted by atomic mass is 10.1. The minimum atomic E-state index is 0.915. The molecule has 0 spiro atoms. The van der Waals surface area contributed by atoms with Crippen molar-refractivity contribution in [2.45, 2.75) is 6.92 Å². The maximum atomic E-state index is 3.93. The molecule has 0 fully saturated rings. The van der Waals surface area contributed by atoms with E-state index in [1.54, 1.807) is 0 Å². The van der Waals surface area contributed by atoms with Crippen molar-refractivity contribution in [2.24, 2.45) is 0 Å². The second-order valence-corrected chi connectivity index (χ2v) is 4.42. The average molecular weight is 247 g/mol. The van der Waals surface area contributed by atoms with Gasteiger partial charge in [-0.05, 0) is 36.8 Å². The first-order valence-corrected chi connectivity index (χ1v) is 6.25. The lowest BCUT2D eigenvalue weighted by Crippen LogP contribution is -2.02. The van der Waals surface area contributed by atoms with Gasteiger partial charge in [-0.25, -0.2) is 0 Å². The molecule has 1 N–H and O–H groups in total. The Hall–Kier alpha value is -2.46. The summed E-state index contributed by atoms with van der Waals surface area (Å²) in [7, 11) is 1.87. The molecule has 0 aliphatic rings. The Balaban J connectivity index is 2.16. The summed E-state index contributed by atoms with van der Waals surface area (Å²) >= 11 is 0. The van der Waals surface area contributed by atoms with Crippen LogP contribution in [0.4, 0.5) is 0 Å². The number of hydrogen-bond acceptors (Lipinski definition) is 1. The van der Waals surface area contributed by atoms with Crippen LogP contribution in [0, 0.1) is 18.8 Å². The predicted octanol–water partition coefficient (Wildman–Crippen LogP) is 3.58. The van der Waals surface area contributed by atoms with E-state index in [0.29, 0.717) is 0 Å². The third kappa shape index (κ3) is 3.50. The number of benzene rings is 2. The van der Waals surface area contributed by atoms with E-state index in [4.69, 9.17) is 0 Å². The van der Waals surface area contributed by atoms with Crippen molar-refractivity contribution in [1.29, 1.82) is 0 Å². The van der Waals surface area contributed by atoms with E-state index in [1.165, 1.54) is 5.56 Å². The van der Waals surface area contributed by atoms with Gasteiger partial charge in [-0.1, -0.05) is 48.2 Å². The second-order valence-electron chi connectivity index (χ2n) is 4.42. The topological polar surface area (TPSA) is 12.0 Å². The Kier molecular flexibility index (Phi) is 4.05. The molecule has 0 heterocycles. The van der Waals surface area contributed by atoms with Crippen LogP contribution in [0.15, 0.2) is 55.1 Å². The molecule has 0 aromatic heterocycles. The second kappa shape index (κ2) is 5.93. The van der Waals surface area contributed by atoms with Gasteiger partial charge in [0.05, 0.1) is 0 Å². The molecule has 0 saturated carbocycles. The predicted molar refractivity (Wildman–Crippen MR) is 81.7 cm³/mol. The highest BCUT2D eigenvalue weighted by Crippen LogP contribution is 2.10. The van der Waals surface area contributed by atoms with Crippen LogP contribution in [-0.4, -0.2) is 7.05 Å². The molecular formula is C18H17N. The highest BCUT2D eigenvalue weighted by atomic mass is 14.8. The molecule has 19 heavy (non-hydrogen) atoms. The van der Waals surface area contributed by atoms with Gasteiger partial charge >= 0.3 is 0 Å². The van der Waals surface area contributed by atoms with E-state index in [-0.39, 0.29) is 0 Å². The van der Waals surface area contributed by atoms with Crippen molar-refractivity contribution in [1.82, 2.24) is 5.32 Å². The molecule has 94 valence electrons. The normalized spacial score (nSPS) is 9.37. The molecule has 2 aromatic carbocycles. The molecule has 1 nitrogen and oxygen atoms in total. The minimum Gasteiger partial charge on any atom is -0.388 e. The van der Waals surface area contributed by atoms with Gasteiger partial charge in [0.15, 0.2) is 0 Å². The first-order chi connectivity index (χ1) is 9.19. The third-order valence-corrected chi connectivity index (χ3v) is 2.94. The van der Waals surface area contributed by atoms with Gasteiger partial charge in [0.25, 0.3) is 0 Å². The Morgan fingerprint density at radius 2 is 1.37 bits per heavy atom. The molecule has 0 bridgehead atoms. The molecule has 2 rings (SSSR count). The summed E-state index contributed by atoms with van der Waals surface area (Å²) in [4.78, 5) is 0. The molecule has 0 atom stereocenters. The van der Waals surface area contributed by atoms with E-state index in [1.807, 2.05) is 43.4 Å². The van der Waals surface area contributed by atoms with E-state index in [2.05, 4.69) is 42.8 Å². The van der Waals surface area contributed by atoms with Crippen molar-refractivity contribution in [2.75, 3.05) is 7.05 Å². The average Bonchev–Trinajstić information content (AvgIpc) is 2.46. The standard InChI is InChI=1S/C18H17N/c1-14-4-6-16(7-5-14)8-9-17-10-12-18(13-11-17)15(2)19-3/h4-7,10-13,19H,2H2,1,3H3. The van der Waals surface area contributed by atoms with Crippen molar-refractivity contribution < 1.29 is 0 Å². The van der Waals surface area contributed by atoms with Crippen molar-refractivity contribution in [3.8, 4) is 11.8 Å². The fraction of sp³-hybridized carbons (Fsp3) is 0.111. The highest BCUT2D eigenvalue weighted by Gasteiger charge is 1.95. The van der Waals surface area contributed by atoms with Crippen LogP contribution >= 0.6 is 0 Å². The Morgan fingerprint density at radius 3 is 1.84 bits per heavy atom. The fourth-order valence-electron chi connectivity index (χ4n) is 1.68. The number of nitrogens with one attached hydrogen (secondary N) is 1. The highest BCUT2D eigenvalue weighted by molar-refractivity contribution is 5.62. The van der Waals surface area contributed by atoms with E-state index in [9.17, 15) is 0 Å². The summed E-state index contributed by atoms with van der Waals surface area (Å²) in [5.41, 5.74) is 5.30.